The van der Waals surface area contributed by atoms with E-state index < -0.39 is 5.97 Å². The van der Waals surface area contributed by atoms with Gasteiger partial charge in [0, 0.05) is 35.0 Å². The summed E-state index contributed by atoms with van der Waals surface area (Å²) in [7, 11) is 0. The highest BCUT2D eigenvalue weighted by molar-refractivity contribution is 5.72. The van der Waals surface area contributed by atoms with Gasteiger partial charge in [-0.2, -0.15) is 10.2 Å². The number of nitrogens with one attached hydrogen (secondary N) is 1. The van der Waals surface area contributed by atoms with Crippen LogP contribution >= 0.6 is 0 Å². The first kappa shape index (κ1) is 22.7. The molecule has 1 aliphatic carbocycles. The predicted octanol–water partition coefficient (Wildman–Crippen LogP) is 4.37. The minimum absolute atomic E-state index is 0.0977. The number of hydrogen-bond donors (Lipinski definition) is 2. The second-order valence-electron chi connectivity index (χ2n) is 8.97. The predicted molar refractivity (Wildman–Crippen MR) is 128 cm³/mol. The first-order chi connectivity index (χ1) is 16.8. The monoisotopic (exact) mass is 475 g/mol. The molecule has 0 radical (unpaired) electrons. The molecule has 5 rings (SSSR count). The molecule has 3 heterocycles. The fraction of sp³-hybridized carbons (Fsp3) is 0.320. The number of carbonyl (C=O) groups is 1. The van der Waals surface area contributed by atoms with Crippen molar-refractivity contribution in [1.82, 2.24) is 29.5 Å². The highest BCUT2D eigenvalue weighted by atomic mass is 19.1. The molecule has 1 fully saturated rings. The molecule has 3 aromatic heterocycles. The molecule has 0 aliphatic heterocycles. The topological polar surface area (TPSA) is 111 Å². The molecule has 0 bridgehead atoms. The summed E-state index contributed by atoms with van der Waals surface area (Å²) < 4.78 is 17.1. The zero-order chi connectivity index (χ0) is 24.7. The van der Waals surface area contributed by atoms with Crippen LogP contribution < -0.4 is 5.32 Å². The van der Waals surface area contributed by atoms with Crippen LogP contribution in [0, 0.1) is 32.5 Å². The van der Waals surface area contributed by atoms with Crippen LogP contribution in [0.15, 0.2) is 36.7 Å². The van der Waals surface area contributed by atoms with E-state index in [9.17, 15) is 14.3 Å². The summed E-state index contributed by atoms with van der Waals surface area (Å²) in [5.74, 6) is 1.32. The molecule has 0 spiro atoms. The molecule has 180 valence electrons. The number of carboxylic acid groups (broad SMARTS) is 1. The molecule has 9 nitrogen and oxygen atoms in total. The standard InChI is InChI=1S/C25H26FN7O2/c1-14-24(18-6-8-19(26)9-7-18)31-32(12-17-4-5-17)25(14)29-21-11-22(28-13-27-21)33-16(3)20(10-23(34)35)15(2)30-33/h6-9,11,13,17H,4-5,10,12H2,1-3H3,(H,34,35)(H,27,28,29). The summed E-state index contributed by atoms with van der Waals surface area (Å²) in [6.07, 6.45) is 3.71. The smallest absolute Gasteiger partial charge is 0.307 e. The minimum atomic E-state index is -0.905. The zero-order valence-electron chi connectivity index (χ0n) is 19.8. The number of nitrogens with zero attached hydrogens (tertiary/aromatic N) is 6. The van der Waals surface area contributed by atoms with E-state index in [4.69, 9.17) is 5.10 Å². The van der Waals surface area contributed by atoms with Gasteiger partial charge < -0.3 is 10.4 Å². The maximum absolute atomic E-state index is 13.5. The molecule has 0 amide bonds. The molecule has 0 saturated heterocycles. The number of aromatic nitrogens is 6. The van der Waals surface area contributed by atoms with Crippen molar-refractivity contribution < 1.29 is 14.3 Å². The summed E-state index contributed by atoms with van der Waals surface area (Å²) in [6.45, 7) is 6.40. The molecule has 1 aliphatic rings. The van der Waals surface area contributed by atoms with Gasteiger partial charge in [-0.1, -0.05) is 0 Å². The summed E-state index contributed by atoms with van der Waals surface area (Å²) in [4.78, 5) is 20.0. The number of halogens is 1. The largest absolute Gasteiger partial charge is 0.481 e. The van der Waals surface area contributed by atoms with Gasteiger partial charge in [-0.15, -0.1) is 0 Å². The highest BCUT2D eigenvalue weighted by Crippen LogP contribution is 2.35. The maximum Gasteiger partial charge on any atom is 0.307 e. The van der Waals surface area contributed by atoms with Crippen molar-refractivity contribution in [2.45, 2.75) is 46.6 Å². The van der Waals surface area contributed by atoms with E-state index in [1.54, 1.807) is 29.8 Å². The van der Waals surface area contributed by atoms with E-state index in [-0.39, 0.29) is 12.2 Å². The van der Waals surface area contributed by atoms with Crippen LogP contribution in [0.25, 0.3) is 17.1 Å². The Balaban J connectivity index is 1.49. The van der Waals surface area contributed by atoms with Crippen molar-refractivity contribution >= 4 is 17.6 Å². The number of rotatable bonds is 8. The number of benzene rings is 1. The molecule has 4 aromatic rings. The first-order valence-corrected chi connectivity index (χ1v) is 11.5. The Hall–Kier alpha value is -4.08. The summed E-state index contributed by atoms with van der Waals surface area (Å²) >= 11 is 0. The number of hydrogen-bond acceptors (Lipinski definition) is 6. The SMILES string of the molecule is Cc1nn(-c2cc(Nc3c(C)c(-c4ccc(F)cc4)nn3CC3CC3)ncn2)c(C)c1CC(=O)O. The van der Waals surface area contributed by atoms with E-state index in [0.29, 0.717) is 28.8 Å². The van der Waals surface area contributed by atoms with Gasteiger partial charge in [0.2, 0.25) is 0 Å². The van der Waals surface area contributed by atoms with Crippen molar-refractivity contribution in [3.8, 4) is 17.1 Å². The normalized spacial score (nSPS) is 13.3. The Bertz CT molecular complexity index is 1400. The molecule has 10 heteroatoms. The van der Waals surface area contributed by atoms with E-state index in [1.165, 1.54) is 31.3 Å². The third-order valence-corrected chi connectivity index (χ3v) is 6.32. The van der Waals surface area contributed by atoms with Gasteiger partial charge in [0.05, 0.1) is 17.8 Å². The van der Waals surface area contributed by atoms with E-state index in [1.807, 2.05) is 18.5 Å². The van der Waals surface area contributed by atoms with Gasteiger partial charge in [0.1, 0.15) is 23.8 Å². The minimum Gasteiger partial charge on any atom is -0.481 e. The van der Waals surface area contributed by atoms with E-state index in [2.05, 4.69) is 20.4 Å². The Labute approximate surface area is 201 Å². The molecule has 1 saturated carbocycles. The van der Waals surface area contributed by atoms with Crippen molar-refractivity contribution in [1.29, 1.82) is 0 Å². The molecule has 35 heavy (non-hydrogen) atoms. The number of anilines is 2. The van der Waals surface area contributed by atoms with E-state index >= 15 is 0 Å². The van der Waals surface area contributed by atoms with Crippen LogP contribution in [0.1, 0.15) is 35.4 Å². The van der Waals surface area contributed by atoms with Crippen molar-refractivity contribution in [2.75, 3.05) is 5.32 Å². The van der Waals surface area contributed by atoms with Crippen LogP contribution in [0.4, 0.5) is 16.0 Å². The molecular weight excluding hydrogens is 449 g/mol. The van der Waals surface area contributed by atoms with Gasteiger partial charge in [0.15, 0.2) is 5.82 Å². The third kappa shape index (κ3) is 4.64. The van der Waals surface area contributed by atoms with E-state index in [0.717, 1.165) is 34.9 Å². The molecule has 0 atom stereocenters. The van der Waals surface area contributed by atoms with Crippen molar-refractivity contribution in [2.24, 2.45) is 5.92 Å². The summed E-state index contributed by atoms with van der Waals surface area (Å²) in [5, 5.41) is 22.0. The fourth-order valence-corrected chi connectivity index (χ4v) is 4.23. The average molecular weight is 476 g/mol. The van der Waals surface area contributed by atoms with Gasteiger partial charge >= 0.3 is 5.97 Å². The highest BCUT2D eigenvalue weighted by Gasteiger charge is 2.26. The van der Waals surface area contributed by atoms with Crippen molar-refractivity contribution in [3.63, 3.8) is 0 Å². The first-order valence-electron chi connectivity index (χ1n) is 11.5. The lowest BCUT2D eigenvalue weighted by atomic mass is 10.1. The van der Waals surface area contributed by atoms with Gasteiger partial charge in [-0.25, -0.2) is 23.7 Å². The van der Waals surface area contributed by atoms with Gasteiger partial charge in [0.25, 0.3) is 0 Å². The quantitative estimate of drug-likeness (QED) is 0.389. The number of aryl methyl sites for hydroxylation is 1. The van der Waals surface area contributed by atoms with Gasteiger partial charge in [-0.05, 0) is 63.8 Å². The zero-order valence-corrected chi connectivity index (χ0v) is 19.8. The second kappa shape index (κ2) is 8.94. The fourth-order valence-electron chi connectivity index (χ4n) is 4.23. The van der Waals surface area contributed by atoms with Crippen LogP contribution in [0.5, 0.6) is 0 Å². The Morgan fingerprint density at radius 3 is 2.57 bits per heavy atom. The third-order valence-electron chi connectivity index (χ3n) is 6.32. The molecular formula is C25H26FN7O2. The lowest BCUT2D eigenvalue weighted by Gasteiger charge is -2.11. The Morgan fingerprint density at radius 1 is 1.14 bits per heavy atom. The van der Waals surface area contributed by atoms with Crippen LogP contribution in [0.3, 0.4) is 0 Å². The van der Waals surface area contributed by atoms with Crippen LogP contribution in [-0.2, 0) is 17.8 Å². The second-order valence-corrected chi connectivity index (χ2v) is 8.97. The van der Waals surface area contributed by atoms with Crippen molar-refractivity contribution in [3.05, 3.63) is 65.0 Å². The Kier molecular flexibility index (Phi) is 5.80. The average Bonchev–Trinajstić information content (AvgIpc) is 3.55. The number of aliphatic carboxylic acids is 1. The Morgan fingerprint density at radius 2 is 1.89 bits per heavy atom. The van der Waals surface area contributed by atoms with Crippen LogP contribution in [0.2, 0.25) is 0 Å². The summed E-state index contributed by atoms with van der Waals surface area (Å²) in [6, 6.07) is 8.11. The number of carboxylic acids is 1. The van der Waals surface area contributed by atoms with Crippen LogP contribution in [-0.4, -0.2) is 40.6 Å². The molecule has 2 N–H and O–H groups in total. The summed E-state index contributed by atoms with van der Waals surface area (Å²) in [5.41, 5.74) is 4.63. The lowest BCUT2D eigenvalue weighted by Crippen LogP contribution is -2.09. The maximum atomic E-state index is 13.5. The molecule has 0 unspecified atom stereocenters. The molecule has 1 aromatic carbocycles. The van der Waals surface area contributed by atoms with Gasteiger partial charge in [-0.3, -0.25) is 4.79 Å². The lowest BCUT2D eigenvalue weighted by molar-refractivity contribution is -0.136.